The Morgan fingerprint density at radius 3 is 2.30 bits per heavy atom. The van der Waals surface area contributed by atoms with E-state index < -0.39 is 38.5 Å². The predicted octanol–water partition coefficient (Wildman–Crippen LogP) is 6.59. The maximum Gasteiger partial charge on any atom is 0.316 e. The molecular formula is C29H37F2N5O3S. The molecule has 2 amide bonds. The van der Waals surface area contributed by atoms with Gasteiger partial charge in [0.25, 0.3) is 0 Å². The van der Waals surface area contributed by atoms with Crippen molar-refractivity contribution in [2.24, 2.45) is 32.7 Å². The molecule has 3 N–H and O–H groups in total. The molecule has 0 saturated heterocycles. The van der Waals surface area contributed by atoms with Crippen LogP contribution in [0.4, 0.5) is 19.3 Å². The molecule has 0 spiro atoms. The fraction of sp³-hybridized carbons (Fsp3) is 0.414. The van der Waals surface area contributed by atoms with E-state index in [1.165, 1.54) is 53.8 Å². The molecule has 1 saturated carbocycles. The summed E-state index contributed by atoms with van der Waals surface area (Å²) >= 11 is 0. The van der Waals surface area contributed by atoms with Gasteiger partial charge in [0, 0.05) is 25.8 Å². The SMILES string of the molecule is C=C(/C=C(\N=N/C)c1c(F)cccc1F)C1CCC(C)(CN(CC)S(=O)(=O)c2ccc(NC(N)=O)cc2)C1(C)C. The number of allylic oxidation sites excluding steroid dienone is 2. The molecule has 0 bridgehead atoms. The number of halogens is 2. The first-order valence-corrected chi connectivity index (χ1v) is 14.4. The van der Waals surface area contributed by atoms with Crippen molar-refractivity contribution in [2.75, 3.05) is 25.5 Å². The number of hydrogen-bond acceptors (Lipinski definition) is 5. The van der Waals surface area contributed by atoms with Crippen LogP contribution in [0.5, 0.6) is 0 Å². The molecular weight excluding hydrogens is 536 g/mol. The molecule has 40 heavy (non-hydrogen) atoms. The number of anilines is 1. The lowest BCUT2D eigenvalue weighted by Gasteiger charge is -2.44. The first kappa shape index (κ1) is 31.1. The number of hydrogen-bond donors (Lipinski definition) is 2. The van der Waals surface area contributed by atoms with E-state index in [9.17, 15) is 22.0 Å². The van der Waals surface area contributed by atoms with E-state index >= 15 is 0 Å². The number of primary amides is 1. The third kappa shape index (κ3) is 6.15. The van der Waals surface area contributed by atoms with Gasteiger partial charge < -0.3 is 11.1 Å². The van der Waals surface area contributed by atoms with Gasteiger partial charge in [-0.15, -0.1) is 0 Å². The molecule has 2 aromatic carbocycles. The number of carbonyl (C=O) groups is 1. The van der Waals surface area contributed by atoms with E-state index in [4.69, 9.17) is 5.73 Å². The Hall–Kier alpha value is -3.44. The number of nitrogens with two attached hydrogens (primary N) is 1. The summed E-state index contributed by atoms with van der Waals surface area (Å²) in [5.41, 5.74) is 5.07. The van der Waals surface area contributed by atoms with Crippen LogP contribution < -0.4 is 11.1 Å². The van der Waals surface area contributed by atoms with Gasteiger partial charge in [-0.2, -0.15) is 14.5 Å². The average molecular weight is 574 g/mol. The monoisotopic (exact) mass is 573 g/mol. The molecule has 0 heterocycles. The van der Waals surface area contributed by atoms with E-state index in [1.54, 1.807) is 13.0 Å². The second kappa shape index (κ2) is 12.0. The van der Waals surface area contributed by atoms with Crippen LogP contribution in [-0.2, 0) is 10.0 Å². The van der Waals surface area contributed by atoms with Crippen LogP contribution >= 0.6 is 0 Å². The van der Waals surface area contributed by atoms with E-state index in [0.717, 1.165) is 0 Å². The normalized spacial score (nSPS) is 21.2. The Kier molecular flexibility index (Phi) is 9.31. The van der Waals surface area contributed by atoms with Crippen LogP contribution in [-0.4, -0.2) is 38.9 Å². The van der Waals surface area contributed by atoms with Gasteiger partial charge in [-0.1, -0.05) is 40.3 Å². The van der Waals surface area contributed by atoms with Crippen LogP contribution in [0, 0.1) is 28.4 Å². The van der Waals surface area contributed by atoms with Crippen LogP contribution in [0.2, 0.25) is 0 Å². The summed E-state index contributed by atoms with van der Waals surface area (Å²) in [6.07, 6.45) is 2.99. The Bertz CT molecular complexity index is 1420. The smallest absolute Gasteiger partial charge is 0.316 e. The number of carbonyl (C=O) groups excluding carboxylic acids is 1. The minimum absolute atomic E-state index is 0.0412. The molecule has 0 radical (unpaired) electrons. The molecule has 2 unspecified atom stereocenters. The Morgan fingerprint density at radius 1 is 1.18 bits per heavy atom. The minimum Gasteiger partial charge on any atom is -0.351 e. The summed E-state index contributed by atoms with van der Waals surface area (Å²) in [4.78, 5) is 11.2. The molecule has 1 aliphatic carbocycles. The van der Waals surface area contributed by atoms with Gasteiger partial charge in [0.2, 0.25) is 10.0 Å². The molecule has 3 rings (SSSR count). The molecule has 8 nitrogen and oxygen atoms in total. The summed E-state index contributed by atoms with van der Waals surface area (Å²) in [5, 5.41) is 10.2. The maximum atomic E-state index is 14.5. The highest BCUT2D eigenvalue weighted by Crippen LogP contribution is 2.58. The van der Waals surface area contributed by atoms with E-state index in [1.807, 2.05) is 0 Å². The quantitative estimate of drug-likeness (QED) is 0.247. The molecule has 0 aliphatic heterocycles. The minimum atomic E-state index is -3.84. The Labute approximate surface area is 235 Å². The average Bonchev–Trinajstić information content (AvgIpc) is 3.10. The highest BCUT2D eigenvalue weighted by atomic mass is 32.2. The zero-order valence-corrected chi connectivity index (χ0v) is 24.4. The summed E-state index contributed by atoms with van der Waals surface area (Å²) in [6.45, 7) is 12.7. The van der Waals surface area contributed by atoms with Crippen molar-refractivity contribution >= 4 is 27.4 Å². The van der Waals surface area contributed by atoms with Gasteiger partial charge in [0.15, 0.2) is 0 Å². The second-order valence-corrected chi connectivity index (χ2v) is 12.8. The largest absolute Gasteiger partial charge is 0.351 e. The van der Waals surface area contributed by atoms with Crippen LogP contribution in [0.15, 0.2) is 75.8 Å². The fourth-order valence-electron chi connectivity index (χ4n) is 5.53. The Morgan fingerprint density at radius 2 is 1.77 bits per heavy atom. The lowest BCUT2D eigenvalue weighted by atomic mass is 9.64. The summed E-state index contributed by atoms with van der Waals surface area (Å²) < 4.78 is 57.7. The van der Waals surface area contributed by atoms with Crippen LogP contribution in [0.3, 0.4) is 0 Å². The standard InChI is InChI=1S/C29H37F2N5O3S/c1-7-36(40(38,39)21-13-11-20(12-14-21)34-27(32)37)18-29(5)16-15-22(28(29,3)4)19(2)17-25(35-33-6)26-23(30)9-8-10-24(26)31/h8-14,17,22H,2,7,15-16,18H2,1,3-6H3,(H3,32,34,37)/b25-17-,35-33-. The number of nitrogens with zero attached hydrogens (tertiary/aromatic N) is 3. The molecule has 11 heteroatoms. The molecule has 2 aromatic rings. The zero-order valence-electron chi connectivity index (χ0n) is 23.5. The Balaban J connectivity index is 1.89. The van der Waals surface area contributed by atoms with Gasteiger partial charge in [-0.3, -0.25) is 0 Å². The highest BCUT2D eigenvalue weighted by molar-refractivity contribution is 7.89. The third-order valence-electron chi connectivity index (χ3n) is 8.25. The van der Waals surface area contributed by atoms with Crippen molar-refractivity contribution in [3.05, 3.63) is 77.9 Å². The second-order valence-electron chi connectivity index (χ2n) is 10.8. The van der Waals surface area contributed by atoms with Crippen molar-refractivity contribution in [3.8, 4) is 0 Å². The first-order valence-electron chi connectivity index (χ1n) is 13.0. The number of urea groups is 1. The van der Waals surface area contributed by atoms with Crippen molar-refractivity contribution in [1.29, 1.82) is 0 Å². The van der Waals surface area contributed by atoms with Crippen LogP contribution in [0.1, 0.15) is 46.1 Å². The molecule has 216 valence electrons. The highest BCUT2D eigenvalue weighted by Gasteiger charge is 2.53. The molecule has 2 atom stereocenters. The lowest BCUT2D eigenvalue weighted by molar-refractivity contribution is 0.0803. The van der Waals surface area contributed by atoms with Gasteiger partial charge in [0.05, 0.1) is 16.2 Å². The van der Waals surface area contributed by atoms with Crippen molar-refractivity contribution in [1.82, 2.24) is 4.31 Å². The van der Waals surface area contributed by atoms with Gasteiger partial charge in [-0.05, 0) is 77.6 Å². The predicted molar refractivity (Wildman–Crippen MR) is 153 cm³/mol. The van der Waals surface area contributed by atoms with Gasteiger partial charge >= 0.3 is 6.03 Å². The number of amides is 2. The van der Waals surface area contributed by atoms with Crippen molar-refractivity contribution < 1.29 is 22.0 Å². The number of sulfonamides is 1. The molecule has 1 fully saturated rings. The number of rotatable bonds is 10. The lowest BCUT2D eigenvalue weighted by Crippen LogP contribution is -2.46. The molecule has 0 aromatic heterocycles. The van der Waals surface area contributed by atoms with Crippen LogP contribution in [0.25, 0.3) is 5.70 Å². The topological polar surface area (TPSA) is 117 Å². The zero-order chi connectivity index (χ0) is 29.9. The molecule has 1 aliphatic rings. The van der Waals surface area contributed by atoms with Gasteiger partial charge in [0.1, 0.15) is 11.6 Å². The van der Waals surface area contributed by atoms with Crippen molar-refractivity contribution in [2.45, 2.75) is 45.4 Å². The summed E-state index contributed by atoms with van der Waals surface area (Å²) in [5.74, 6) is -1.59. The first-order chi connectivity index (χ1) is 18.7. The number of azo groups is 1. The third-order valence-corrected chi connectivity index (χ3v) is 10.2. The van der Waals surface area contributed by atoms with Gasteiger partial charge in [-0.25, -0.2) is 22.0 Å². The van der Waals surface area contributed by atoms with E-state index in [-0.39, 0.29) is 35.2 Å². The fourth-order valence-corrected chi connectivity index (χ4v) is 7.11. The summed E-state index contributed by atoms with van der Waals surface area (Å²) in [7, 11) is -2.41. The van der Waals surface area contributed by atoms with E-state index in [2.05, 4.69) is 42.9 Å². The maximum absolute atomic E-state index is 14.5. The number of benzene rings is 2. The van der Waals surface area contributed by atoms with Crippen molar-refractivity contribution in [3.63, 3.8) is 0 Å². The number of nitrogens with one attached hydrogen (secondary N) is 1. The van der Waals surface area contributed by atoms with E-state index in [0.29, 0.717) is 24.1 Å². The summed E-state index contributed by atoms with van der Waals surface area (Å²) in [6, 6.07) is 8.73.